The maximum atomic E-state index is 14.2. The lowest BCUT2D eigenvalue weighted by molar-refractivity contribution is -0.137. The lowest BCUT2D eigenvalue weighted by Crippen LogP contribution is -2.35. The molecule has 0 aromatic heterocycles. The number of benzene rings is 2. The molecule has 1 aliphatic heterocycles. The molecular weight excluding hydrogens is 364 g/mol. The maximum absolute atomic E-state index is 14.2. The summed E-state index contributed by atoms with van der Waals surface area (Å²) in [5.74, 6) is -0.624. The van der Waals surface area contributed by atoms with Gasteiger partial charge in [-0.3, -0.25) is 4.79 Å². The van der Waals surface area contributed by atoms with Crippen LogP contribution in [-0.4, -0.2) is 18.5 Å². The Bertz CT molecular complexity index is 806. The van der Waals surface area contributed by atoms with Gasteiger partial charge in [0.25, 0.3) is 0 Å². The van der Waals surface area contributed by atoms with Crippen molar-refractivity contribution >= 4 is 5.91 Å². The number of ether oxygens (including phenoxy) is 1. The average Bonchev–Trinajstić information content (AvgIpc) is 3.04. The lowest BCUT2D eigenvalue weighted by atomic mass is 10.1. The summed E-state index contributed by atoms with van der Waals surface area (Å²) in [7, 11) is 0. The van der Waals surface area contributed by atoms with Gasteiger partial charge < -0.3 is 15.4 Å². The van der Waals surface area contributed by atoms with Crippen LogP contribution in [0.3, 0.4) is 0 Å². The van der Waals surface area contributed by atoms with Crippen molar-refractivity contribution < 1.29 is 27.1 Å². The topological polar surface area (TPSA) is 50.4 Å². The molecule has 1 aliphatic rings. The van der Waals surface area contributed by atoms with Gasteiger partial charge in [-0.15, -0.1) is 0 Å². The standard InChI is InChI=1S/C19H18F4N2O2/c20-15-9-13(10-25-16-7-8-24-18(16)26)3-6-17(15)27-11-12-1-4-14(5-2-12)19(21,22)23/h1-6,9,16,25H,7-8,10-11H2,(H,24,26). The predicted molar refractivity (Wildman–Crippen MR) is 90.4 cm³/mol. The average molecular weight is 382 g/mol. The Labute approximate surface area is 153 Å². The van der Waals surface area contributed by atoms with Gasteiger partial charge in [-0.25, -0.2) is 4.39 Å². The van der Waals surface area contributed by atoms with Gasteiger partial charge >= 0.3 is 6.18 Å². The fourth-order valence-electron chi connectivity index (χ4n) is 2.75. The molecule has 2 N–H and O–H groups in total. The van der Waals surface area contributed by atoms with Gasteiger partial charge in [-0.2, -0.15) is 13.2 Å². The summed E-state index contributed by atoms with van der Waals surface area (Å²) >= 11 is 0. The van der Waals surface area contributed by atoms with Crippen molar-refractivity contribution in [3.63, 3.8) is 0 Å². The van der Waals surface area contributed by atoms with Crippen molar-refractivity contribution in [1.29, 1.82) is 0 Å². The van der Waals surface area contributed by atoms with E-state index in [4.69, 9.17) is 4.74 Å². The summed E-state index contributed by atoms with van der Waals surface area (Å²) in [6, 6.07) is 8.69. The number of alkyl halides is 3. The van der Waals surface area contributed by atoms with Crippen LogP contribution in [0.1, 0.15) is 23.1 Å². The van der Waals surface area contributed by atoms with E-state index < -0.39 is 17.6 Å². The van der Waals surface area contributed by atoms with Gasteiger partial charge in [0.15, 0.2) is 11.6 Å². The van der Waals surface area contributed by atoms with Crippen molar-refractivity contribution in [1.82, 2.24) is 10.6 Å². The van der Waals surface area contributed by atoms with Gasteiger partial charge in [0.05, 0.1) is 11.6 Å². The van der Waals surface area contributed by atoms with E-state index in [0.29, 0.717) is 30.6 Å². The summed E-state index contributed by atoms with van der Waals surface area (Å²) in [4.78, 5) is 11.5. The van der Waals surface area contributed by atoms with Crippen LogP contribution in [0.2, 0.25) is 0 Å². The molecule has 4 nitrogen and oxygen atoms in total. The molecule has 2 aromatic rings. The summed E-state index contributed by atoms with van der Waals surface area (Å²) < 4.78 is 57.1. The number of hydrogen-bond acceptors (Lipinski definition) is 3. The van der Waals surface area contributed by atoms with Crippen LogP contribution >= 0.6 is 0 Å². The molecule has 1 atom stereocenters. The monoisotopic (exact) mass is 382 g/mol. The number of carbonyl (C=O) groups is 1. The molecule has 0 saturated carbocycles. The molecule has 1 heterocycles. The second-order valence-corrected chi connectivity index (χ2v) is 6.26. The molecule has 1 amide bonds. The SMILES string of the molecule is O=C1NCCC1NCc1ccc(OCc2ccc(C(F)(F)F)cc2)c(F)c1. The molecule has 144 valence electrons. The zero-order valence-electron chi connectivity index (χ0n) is 14.3. The molecule has 1 unspecified atom stereocenters. The van der Waals surface area contributed by atoms with Crippen molar-refractivity contribution in [2.24, 2.45) is 0 Å². The van der Waals surface area contributed by atoms with Gasteiger partial charge in [0, 0.05) is 13.1 Å². The Morgan fingerprint density at radius 2 is 1.81 bits per heavy atom. The minimum atomic E-state index is -4.39. The quantitative estimate of drug-likeness (QED) is 0.753. The Morgan fingerprint density at radius 1 is 1.11 bits per heavy atom. The van der Waals surface area contributed by atoms with Crippen molar-refractivity contribution in [3.05, 3.63) is 65.0 Å². The van der Waals surface area contributed by atoms with E-state index in [2.05, 4.69) is 10.6 Å². The Hall–Kier alpha value is -2.61. The Balaban J connectivity index is 1.55. The fraction of sp³-hybridized carbons (Fsp3) is 0.316. The molecule has 0 aliphatic carbocycles. The second kappa shape index (κ2) is 7.96. The normalized spacial score (nSPS) is 17.0. The highest BCUT2D eigenvalue weighted by atomic mass is 19.4. The third-order valence-electron chi connectivity index (χ3n) is 4.27. The summed E-state index contributed by atoms with van der Waals surface area (Å²) in [6.07, 6.45) is -3.70. The summed E-state index contributed by atoms with van der Waals surface area (Å²) in [6.45, 7) is 0.921. The van der Waals surface area contributed by atoms with Crippen LogP contribution in [-0.2, 0) is 24.1 Å². The number of carbonyl (C=O) groups excluding carboxylic acids is 1. The highest BCUT2D eigenvalue weighted by Gasteiger charge is 2.30. The first-order valence-corrected chi connectivity index (χ1v) is 8.41. The molecule has 0 spiro atoms. The van der Waals surface area contributed by atoms with E-state index in [1.807, 2.05) is 0 Å². The van der Waals surface area contributed by atoms with E-state index in [1.165, 1.54) is 24.3 Å². The third kappa shape index (κ3) is 4.97. The second-order valence-electron chi connectivity index (χ2n) is 6.26. The zero-order valence-corrected chi connectivity index (χ0v) is 14.3. The minimum Gasteiger partial charge on any atom is -0.486 e. The fourth-order valence-corrected chi connectivity index (χ4v) is 2.75. The minimum absolute atomic E-state index is 0.0113. The van der Waals surface area contributed by atoms with E-state index >= 15 is 0 Å². The number of rotatable bonds is 6. The first-order valence-electron chi connectivity index (χ1n) is 8.41. The number of amides is 1. The van der Waals surface area contributed by atoms with Crippen LogP contribution in [0.5, 0.6) is 5.75 Å². The smallest absolute Gasteiger partial charge is 0.416 e. The van der Waals surface area contributed by atoms with Crippen LogP contribution in [0.4, 0.5) is 17.6 Å². The molecule has 2 aromatic carbocycles. The summed E-state index contributed by atoms with van der Waals surface area (Å²) in [5, 5.41) is 5.77. The van der Waals surface area contributed by atoms with Gasteiger partial charge in [0.1, 0.15) is 6.61 Å². The first-order chi connectivity index (χ1) is 12.8. The van der Waals surface area contributed by atoms with Crippen LogP contribution in [0.25, 0.3) is 0 Å². The largest absolute Gasteiger partial charge is 0.486 e. The molecule has 1 saturated heterocycles. The number of halogens is 4. The molecular formula is C19H18F4N2O2. The zero-order chi connectivity index (χ0) is 19.4. The number of nitrogens with one attached hydrogen (secondary N) is 2. The predicted octanol–water partition coefficient (Wildman–Crippen LogP) is 3.40. The Kier molecular flexibility index (Phi) is 5.65. The van der Waals surface area contributed by atoms with Crippen LogP contribution in [0.15, 0.2) is 42.5 Å². The van der Waals surface area contributed by atoms with E-state index in [0.717, 1.165) is 12.1 Å². The van der Waals surface area contributed by atoms with E-state index in [1.54, 1.807) is 6.07 Å². The van der Waals surface area contributed by atoms with Crippen molar-refractivity contribution in [2.75, 3.05) is 6.54 Å². The van der Waals surface area contributed by atoms with Crippen LogP contribution < -0.4 is 15.4 Å². The van der Waals surface area contributed by atoms with Gasteiger partial charge in [0.2, 0.25) is 5.91 Å². The molecule has 0 radical (unpaired) electrons. The molecule has 1 fully saturated rings. The maximum Gasteiger partial charge on any atom is 0.416 e. The summed E-state index contributed by atoms with van der Waals surface area (Å²) in [5.41, 5.74) is 0.416. The highest BCUT2D eigenvalue weighted by molar-refractivity contribution is 5.83. The lowest BCUT2D eigenvalue weighted by Gasteiger charge is -2.12. The van der Waals surface area contributed by atoms with Crippen LogP contribution in [0, 0.1) is 5.82 Å². The molecule has 8 heteroatoms. The van der Waals surface area contributed by atoms with E-state index in [-0.39, 0.29) is 24.3 Å². The molecule has 0 bridgehead atoms. The molecule has 27 heavy (non-hydrogen) atoms. The van der Waals surface area contributed by atoms with Gasteiger partial charge in [-0.05, 0) is 41.8 Å². The Morgan fingerprint density at radius 3 is 2.41 bits per heavy atom. The van der Waals surface area contributed by atoms with E-state index in [9.17, 15) is 22.4 Å². The van der Waals surface area contributed by atoms with Gasteiger partial charge in [-0.1, -0.05) is 18.2 Å². The highest BCUT2D eigenvalue weighted by Crippen LogP contribution is 2.29. The first kappa shape index (κ1) is 19.2. The van der Waals surface area contributed by atoms with Crippen molar-refractivity contribution in [3.8, 4) is 5.75 Å². The third-order valence-corrected chi connectivity index (χ3v) is 4.27. The molecule has 3 rings (SSSR count). The number of hydrogen-bond donors (Lipinski definition) is 2. The van der Waals surface area contributed by atoms with Crippen molar-refractivity contribution in [2.45, 2.75) is 31.8 Å².